The van der Waals surface area contributed by atoms with E-state index in [4.69, 9.17) is 9.47 Å². The number of fused-ring (bicyclic) bond motifs is 3. The molecule has 0 bridgehead atoms. The quantitative estimate of drug-likeness (QED) is 0.401. The molecule has 0 aromatic heterocycles. The number of carbonyl (C=O) groups is 3. The van der Waals surface area contributed by atoms with E-state index < -0.39 is 35.8 Å². The van der Waals surface area contributed by atoms with Crippen molar-refractivity contribution in [3.8, 4) is 11.1 Å². The van der Waals surface area contributed by atoms with Crippen LogP contribution in [-0.2, 0) is 14.3 Å². The van der Waals surface area contributed by atoms with Gasteiger partial charge in [0.1, 0.15) is 18.3 Å². The lowest BCUT2D eigenvalue weighted by Crippen LogP contribution is -2.45. The monoisotopic (exact) mass is 503 g/mol. The molecule has 3 aromatic rings. The maximum Gasteiger partial charge on any atom is 0.407 e. The van der Waals surface area contributed by atoms with Crippen molar-refractivity contribution >= 4 is 18.0 Å². The van der Waals surface area contributed by atoms with Crippen LogP contribution in [0.1, 0.15) is 59.8 Å². The molecule has 0 saturated carbocycles. The van der Waals surface area contributed by atoms with Crippen molar-refractivity contribution in [2.24, 2.45) is 0 Å². The zero-order chi connectivity index (χ0) is 26.7. The molecule has 0 radical (unpaired) electrons. The van der Waals surface area contributed by atoms with Gasteiger partial charge < -0.3 is 25.0 Å². The van der Waals surface area contributed by atoms with Gasteiger partial charge in [0.05, 0.1) is 5.56 Å². The minimum Gasteiger partial charge on any atom is -0.480 e. The van der Waals surface area contributed by atoms with Gasteiger partial charge in [0.15, 0.2) is 6.04 Å². The molecule has 1 aliphatic carbocycles. The molecule has 0 spiro atoms. The maximum absolute atomic E-state index is 12.6. The summed E-state index contributed by atoms with van der Waals surface area (Å²) in [5, 5.41) is 22.6. The summed E-state index contributed by atoms with van der Waals surface area (Å²) in [6.45, 7) is 5.24. The summed E-state index contributed by atoms with van der Waals surface area (Å²) in [4.78, 5) is 36.7. The van der Waals surface area contributed by atoms with Crippen molar-refractivity contribution in [2.75, 3.05) is 6.61 Å². The fourth-order valence-corrected chi connectivity index (χ4v) is 4.39. The highest BCUT2D eigenvalue weighted by atomic mass is 16.6. The number of esters is 1. The highest BCUT2D eigenvalue weighted by Gasteiger charge is 2.32. The molecular formula is C29H29NO7. The van der Waals surface area contributed by atoms with E-state index in [2.05, 4.69) is 5.32 Å². The van der Waals surface area contributed by atoms with Gasteiger partial charge in [-0.05, 0) is 60.7 Å². The lowest BCUT2D eigenvalue weighted by molar-refractivity contribution is -0.142. The number of alkyl carbamates (subject to hydrolysis) is 1. The van der Waals surface area contributed by atoms with Crippen LogP contribution >= 0.6 is 0 Å². The molecule has 1 amide bonds. The van der Waals surface area contributed by atoms with Gasteiger partial charge in [-0.15, -0.1) is 0 Å². The Morgan fingerprint density at radius 1 is 0.892 bits per heavy atom. The van der Waals surface area contributed by atoms with E-state index in [0.717, 1.165) is 22.3 Å². The van der Waals surface area contributed by atoms with Gasteiger partial charge in [0.2, 0.25) is 0 Å². The van der Waals surface area contributed by atoms with E-state index in [1.165, 1.54) is 24.3 Å². The Morgan fingerprint density at radius 2 is 1.43 bits per heavy atom. The second-order valence-electron chi connectivity index (χ2n) is 9.85. The number of carboxylic acid groups (broad SMARTS) is 1. The fraction of sp³-hybridized carbons (Fsp3) is 0.276. The first-order chi connectivity index (χ1) is 17.5. The zero-order valence-electron chi connectivity index (χ0n) is 20.8. The fourth-order valence-electron chi connectivity index (χ4n) is 4.39. The number of aliphatic carboxylic acids is 1. The van der Waals surface area contributed by atoms with Gasteiger partial charge in [-0.1, -0.05) is 60.7 Å². The molecule has 0 heterocycles. The standard InChI is InChI=1S/C29H29NO7/c1-29(2,3)37-27(34)18-14-12-17(13-15-18)25(31)24(26(32)33)30-28(35)36-16-23-21-10-6-4-8-19(21)20-9-5-7-11-22(20)23/h4-15,23-25,31H,16H2,1-3H3,(H,30,35)(H,32,33). The number of carbonyl (C=O) groups excluding carboxylic acids is 2. The average molecular weight is 504 g/mol. The van der Waals surface area contributed by atoms with Crippen LogP contribution < -0.4 is 5.32 Å². The second kappa shape index (κ2) is 10.4. The smallest absolute Gasteiger partial charge is 0.407 e. The highest BCUT2D eigenvalue weighted by Crippen LogP contribution is 2.44. The molecule has 0 fully saturated rings. The van der Waals surface area contributed by atoms with Crippen molar-refractivity contribution in [1.82, 2.24) is 5.32 Å². The molecule has 8 heteroatoms. The molecule has 0 saturated heterocycles. The highest BCUT2D eigenvalue weighted by molar-refractivity contribution is 5.89. The van der Waals surface area contributed by atoms with Gasteiger partial charge in [-0.25, -0.2) is 14.4 Å². The third-order valence-electron chi connectivity index (χ3n) is 6.09. The number of carboxylic acids is 1. The molecule has 1 aliphatic rings. The van der Waals surface area contributed by atoms with Gasteiger partial charge in [-0.2, -0.15) is 0 Å². The molecule has 2 unspecified atom stereocenters. The van der Waals surface area contributed by atoms with Crippen LogP contribution in [0.5, 0.6) is 0 Å². The van der Waals surface area contributed by atoms with Crippen LogP contribution in [0.2, 0.25) is 0 Å². The summed E-state index contributed by atoms with van der Waals surface area (Å²) >= 11 is 0. The SMILES string of the molecule is CC(C)(C)OC(=O)c1ccc(C(O)C(NC(=O)OCC2c3ccccc3-c3ccccc32)C(=O)O)cc1. The molecule has 2 atom stereocenters. The van der Waals surface area contributed by atoms with E-state index in [1.807, 2.05) is 48.5 Å². The minimum atomic E-state index is -1.66. The van der Waals surface area contributed by atoms with Crippen LogP contribution in [0.4, 0.5) is 4.79 Å². The van der Waals surface area contributed by atoms with Gasteiger partial charge in [0, 0.05) is 5.92 Å². The lowest BCUT2D eigenvalue weighted by atomic mass is 9.98. The lowest BCUT2D eigenvalue weighted by Gasteiger charge is -2.22. The second-order valence-corrected chi connectivity index (χ2v) is 9.85. The summed E-state index contributed by atoms with van der Waals surface area (Å²) < 4.78 is 10.7. The summed E-state index contributed by atoms with van der Waals surface area (Å²) in [6.07, 6.45) is -2.54. The van der Waals surface area contributed by atoms with E-state index in [1.54, 1.807) is 20.8 Å². The third kappa shape index (κ3) is 5.81. The third-order valence-corrected chi connectivity index (χ3v) is 6.09. The van der Waals surface area contributed by atoms with Crippen LogP contribution in [0, 0.1) is 0 Å². The molecule has 37 heavy (non-hydrogen) atoms. The Balaban J connectivity index is 1.42. The summed E-state index contributed by atoms with van der Waals surface area (Å²) in [5.74, 6) is -2.16. The molecular weight excluding hydrogens is 474 g/mol. The van der Waals surface area contributed by atoms with E-state index >= 15 is 0 Å². The predicted molar refractivity (Wildman–Crippen MR) is 136 cm³/mol. The van der Waals surface area contributed by atoms with Crippen molar-refractivity contribution in [3.63, 3.8) is 0 Å². The number of aliphatic hydroxyl groups is 1. The molecule has 8 nitrogen and oxygen atoms in total. The molecule has 3 N–H and O–H groups in total. The van der Waals surface area contributed by atoms with Crippen LogP contribution in [0.25, 0.3) is 11.1 Å². The largest absolute Gasteiger partial charge is 0.480 e. The molecule has 3 aromatic carbocycles. The van der Waals surface area contributed by atoms with Gasteiger partial charge in [0.25, 0.3) is 0 Å². The number of ether oxygens (including phenoxy) is 2. The first-order valence-electron chi connectivity index (χ1n) is 11.9. The van der Waals surface area contributed by atoms with Crippen molar-refractivity contribution in [3.05, 3.63) is 95.1 Å². The number of nitrogens with one attached hydrogen (secondary N) is 1. The van der Waals surface area contributed by atoms with Crippen LogP contribution in [-0.4, -0.2) is 46.5 Å². The summed E-state index contributed by atoms with van der Waals surface area (Å²) in [6, 6.07) is 19.7. The maximum atomic E-state index is 12.6. The van der Waals surface area contributed by atoms with Gasteiger partial charge in [-0.3, -0.25) is 0 Å². The van der Waals surface area contributed by atoms with E-state index in [-0.39, 0.29) is 23.7 Å². The first-order valence-corrected chi connectivity index (χ1v) is 11.9. The Hall–Kier alpha value is -4.17. The van der Waals surface area contributed by atoms with Crippen molar-refractivity contribution in [1.29, 1.82) is 0 Å². The summed E-state index contributed by atoms with van der Waals surface area (Å²) in [5.41, 5.74) is 3.98. The first kappa shape index (κ1) is 25.9. The zero-order valence-corrected chi connectivity index (χ0v) is 20.8. The topological polar surface area (TPSA) is 122 Å². The van der Waals surface area contributed by atoms with E-state index in [9.17, 15) is 24.6 Å². The predicted octanol–water partition coefficient (Wildman–Crippen LogP) is 4.67. The number of benzene rings is 3. The number of amides is 1. The van der Waals surface area contributed by atoms with Crippen LogP contribution in [0.3, 0.4) is 0 Å². The minimum absolute atomic E-state index is 0.00683. The van der Waals surface area contributed by atoms with Crippen molar-refractivity contribution in [2.45, 2.75) is 44.4 Å². The average Bonchev–Trinajstić information content (AvgIpc) is 3.18. The Kier molecular flexibility index (Phi) is 7.31. The Morgan fingerprint density at radius 3 is 1.95 bits per heavy atom. The molecule has 0 aliphatic heterocycles. The van der Waals surface area contributed by atoms with Crippen molar-refractivity contribution < 1.29 is 34.1 Å². The summed E-state index contributed by atoms with van der Waals surface area (Å²) in [7, 11) is 0. The van der Waals surface area contributed by atoms with Gasteiger partial charge >= 0.3 is 18.0 Å². The number of aliphatic hydroxyl groups excluding tert-OH is 1. The molecule has 4 rings (SSSR count). The molecule has 192 valence electrons. The Bertz CT molecular complexity index is 1260. The van der Waals surface area contributed by atoms with E-state index in [0.29, 0.717) is 0 Å². The number of hydrogen-bond donors (Lipinski definition) is 3. The number of rotatable bonds is 7. The number of hydrogen-bond acceptors (Lipinski definition) is 6. The van der Waals surface area contributed by atoms with Crippen LogP contribution in [0.15, 0.2) is 72.8 Å². The Labute approximate surface area is 214 Å². The normalized spacial score (nSPS) is 14.2.